The molecule has 0 aliphatic heterocycles. The fourth-order valence-corrected chi connectivity index (χ4v) is 1.90. The second kappa shape index (κ2) is 5.12. The fourth-order valence-electron chi connectivity index (χ4n) is 1.20. The Hall–Kier alpha value is -1.33. The van der Waals surface area contributed by atoms with Gasteiger partial charge in [-0.1, -0.05) is 44.0 Å². The second-order valence-electron chi connectivity index (χ2n) is 4.54. The van der Waals surface area contributed by atoms with Gasteiger partial charge >= 0.3 is 11.9 Å². The molecule has 0 radical (unpaired) electrons. The van der Waals surface area contributed by atoms with E-state index in [0.29, 0.717) is 5.69 Å². The molecule has 1 heterocycles. The van der Waals surface area contributed by atoms with Gasteiger partial charge in [-0.3, -0.25) is 4.98 Å². The molecule has 1 N–H and O–H groups in total. The van der Waals surface area contributed by atoms with Gasteiger partial charge in [-0.05, 0) is 0 Å². The van der Waals surface area contributed by atoms with Crippen LogP contribution in [0.2, 0.25) is 10.0 Å². The van der Waals surface area contributed by atoms with Gasteiger partial charge in [-0.2, -0.15) is 0 Å². The third kappa shape index (κ3) is 3.11. The predicted molar refractivity (Wildman–Crippen MR) is 66.2 cm³/mol. The van der Waals surface area contributed by atoms with Gasteiger partial charge < -0.3 is 9.84 Å². The Kier molecular flexibility index (Phi) is 4.19. The molecule has 0 aliphatic carbocycles. The smallest absolute Gasteiger partial charge is 0.422 e. The molecule has 0 fully saturated rings. The van der Waals surface area contributed by atoms with E-state index in [-0.39, 0.29) is 15.8 Å². The average Bonchev–Trinajstić information content (AvgIpc) is 2.21. The highest BCUT2D eigenvalue weighted by molar-refractivity contribution is 6.38. The Morgan fingerprint density at radius 1 is 1.33 bits per heavy atom. The molecule has 18 heavy (non-hydrogen) atoms. The van der Waals surface area contributed by atoms with Gasteiger partial charge in [0.15, 0.2) is 5.75 Å². The maximum Gasteiger partial charge on any atom is 0.422 e. The molecule has 0 saturated heterocycles. The van der Waals surface area contributed by atoms with Crippen LogP contribution in [0.3, 0.4) is 0 Å². The third-order valence-electron chi connectivity index (χ3n) is 2.01. The standard InChI is InChI=1S/C11H11Cl2NO4/c1-11(2,3)8-6(13)7(5(12)4-14-8)18-10(17)9(15)16/h4H,1-3H3,(H,15,16). The summed E-state index contributed by atoms with van der Waals surface area (Å²) in [5.74, 6) is -3.37. The average molecular weight is 292 g/mol. The zero-order valence-corrected chi connectivity index (χ0v) is 11.5. The summed E-state index contributed by atoms with van der Waals surface area (Å²) >= 11 is 11.8. The minimum absolute atomic E-state index is 0.0254. The lowest BCUT2D eigenvalue weighted by atomic mass is 9.91. The number of carbonyl (C=O) groups excluding carboxylic acids is 1. The second-order valence-corrected chi connectivity index (χ2v) is 5.33. The van der Waals surface area contributed by atoms with E-state index in [1.807, 2.05) is 20.8 Å². The van der Waals surface area contributed by atoms with E-state index in [2.05, 4.69) is 9.72 Å². The van der Waals surface area contributed by atoms with Crippen LogP contribution < -0.4 is 4.74 Å². The molecule has 0 aromatic carbocycles. The van der Waals surface area contributed by atoms with Crippen LogP contribution in [0.5, 0.6) is 5.75 Å². The van der Waals surface area contributed by atoms with Crippen LogP contribution in [0.15, 0.2) is 6.20 Å². The minimum Gasteiger partial charge on any atom is -0.473 e. The van der Waals surface area contributed by atoms with E-state index >= 15 is 0 Å². The molecule has 0 saturated carbocycles. The van der Waals surface area contributed by atoms with Crippen molar-refractivity contribution >= 4 is 35.1 Å². The number of hydrogen-bond acceptors (Lipinski definition) is 4. The first-order valence-electron chi connectivity index (χ1n) is 4.94. The number of esters is 1. The van der Waals surface area contributed by atoms with E-state index in [0.717, 1.165) is 0 Å². The molecule has 0 amide bonds. The molecule has 1 rings (SSSR count). The summed E-state index contributed by atoms with van der Waals surface area (Å²) in [7, 11) is 0. The SMILES string of the molecule is CC(C)(C)c1ncc(Cl)c(OC(=O)C(=O)O)c1Cl. The summed E-state index contributed by atoms with van der Waals surface area (Å²) < 4.78 is 4.63. The van der Waals surface area contributed by atoms with Gasteiger partial charge in [0.25, 0.3) is 0 Å². The first-order chi connectivity index (χ1) is 8.14. The van der Waals surface area contributed by atoms with Crippen LogP contribution in [0.1, 0.15) is 26.5 Å². The Balaban J connectivity index is 3.27. The molecule has 0 aliphatic rings. The maximum absolute atomic E-state index is 11.0. The number of pyridine rings is 1. The number of rotatable bonds is 1. The number of halogens is 2. The predicted octanol–water partition coefficient (Wildman–Crippen LogP) is 2.68. The zero-order valence-electron chi connectivity index (χ0n) is 9.95. The quantitative estimate of drug-likeness (QED) is 0.636. The highest BCUT2D eigenvalue weighted by atomic mass is 35.5. The monoisotopic (exact) mass is 291 g/mol. The molecule has 7 heteroatoms. The van der Waals surface area contributed by atoms with Crippen LogP contribution in [-0.2, 0) is 15.0 Å². The molecule has 98 valence electrons. The first kappa shape index (κ1) is 14.7. The van der Waals surface area contributed by atoms with Crippen LogP contribution in [0.4, 0.5) is 0 Å². The van der Waals surface area contributed by atoms with Crippen molar-refractivity contribution in [2.24, 2.45) is 0 Å². The summed E-state index contributed by atoms with van der Waals surface area (Å²) in [4.78, 5) is 25.5. The highest BCUT2D eigenvalue weighted by Crippen LogP contribution is 2.38. The summed E-state index contributed by atoms with van der Waals surface area (Å²) in [6.07, 6.45) is 1.26. The largest absolute Gasteiger partial charge is 0.473 e. The molecule has 0 bridgehead atoms. The van der Waals surface area contributed by atoms with Gasteiger partial charge in [-0.25, -0.2) is 9.59 Å². The fraction of sp³-hybridized carbons (Fsp3) is 0.364. The van der Waals surface area contributed by atoms with E-state index in [1.165, 1.54) is 6.20 Å². The summed E-state index contributed by atoms with van der Waals surface area (Å²) in [6.45, 7) is 5.58. The number of ether oxygens (including phenoxy) is 1. The molecule has 1 aromatic rings. The van der Waals surface area contributed by atoms with E-state index in [4.69, 9.17) is 28.3 Å². The Labute approximate surface area is 114 Å². The van der Waals surface area contributed by atoms with Crippen molar-refractivity contribution in [3.63, 3.8) is 0 Å². The number of aliphatic carboxylic acids is 1. The van der Waals surface area contributed by atoms with Crippen LogP contribution in [0.25, 0.3) is 0 Å². The number of carbonyl (C=O) groups is 2. The highest BCUT2D eigenvalue weighted by Gasteiger charge is 2.26. The third-order valence-corrected chi connectivity index (χ3v) is 2.63. The minimum atomic E-state index is -1.73. The Morgan fingerprint density at radius 2 is 1.89 bits per heavy atom. The Morgan fingerprint density at radius 3 is 2.33 bits per heavy atom. The van der Waals surface area contributed by atoms with Crippen molar-refractivity contribution in [2.45, 2.75) is 26.2 Å². The van der Waals surface area contributed by atoms with Crippen molar-refractivity contribution in [2.75, 3.05) is 0 Å². The lowest BCUT2D eigenvalue weighted by Gasteiger charge is -2.20. The number of nitrogens with zero attached hydrogens (tertiary/aromatic N) is 1. The lowest BCUT2D eigenvalue weighted by Crippen LogP contribution is -2.21. The zero-order chi connectivity index (χ0) is 14.1. The van der Waals surface area contributed by atoms with Gasteiger partial charge in [0.2, 0.25) is 0 Å². The van der Waals surface area contributed by atoms with Crippen LogP contribution in [0, 0.1) is 0 Å². The molecule has 5 nitrogen and oxygen atoms in total. The topological polar surface area (TPSA) is 76.5 Å². The molecule has 0 atom stereocenters. The first-order valence-corrected chi connectivity index (χ1v) is 5.69. The number of aromatic nitrogens is 1. The summed E-state index contributed by atoms with van der Waals surface area (Å²) in [6, 6.07) is 0. The van der Waals surface area contributed by atoms with Gasteiger partial charge in [0, 0.05) is 11.6 Å². The van der Waals surface area contributed by atoms with Gasteiger partial charge in [0.1, 0.15) is 10.0 Å². The molecule has 0 unspecified atom stereocenters. The number of carboxylic acids is 1. The van der Waals surface area contributed by atoms with E-state index in [9.17, 15) is 9.59 Å². The lowest BCUT2D eigenvalue weighted by molar-refractivity contribution is -0.158. The molecule has 1 aromatic heterocycles. The van der Waals surface area contributed by atoms with E-state index in [1.54, 1.807) is 0 Å². The van der Waals surface area contributed by atoms with Crippen molar-refractivity contribution < 1.29 is 19.4 Å². The number of hydrogen-bond donors (Lipinski definition) is 1. The number of carboxylic acid groups (broad SMARTS) is 1. The molecular formula is C11H11Cl2NO4. The van der Waals surface area contributed by atoms with E-state index < -0.39 is 17.4 Å². The van der Waals surface area contributed by atoms with Gasteiger partial charge in [0.05, 0.1) is 5.69 Å². The maximum atomic E-state index is 11.0. The van der Waals surface area contributed by atoms with Crippen molar-refractivity contribution in [1.29, 1.82) is 0 Å². The van der Waals surface area contributed by atoms with Crippen LogP contribution in [-0.4, -0.2) is 22.0 Å². The van der Waals surface area contributed by atoms with Crippen molar-refractivity contribution in [3.8, 4) is 5.75 Å². The Bertz CT molecular complexity index is 509. The van der Waals surface area contributed by atoms with Crippen molar-refractivity contribution in [1.82, 2.24) is 4.98 Å². The summed E-state index contributed by atoms with van der Waals surface area (Å²) in [5, 5.41) is 8.48. The summed E-state index contributed by atoms with van der Waals surface area (Å²) in [5.41, 5.74) is 0.0632. The molecule has 0 spiro atoms. The van der Waals surface area contributed by atoms with Crippen LogP contribution >= 0.6 is 23.2 Å². The van der Waals surface area contributed by atoms with Crippen molar-refractivity contribution in [3.05, 3.63) is 21.9 Å². The van der Waals surface area contributed by atoms with Gasteiger partial charge in [-0.15, -0.1) is 0 Å². The normalized spacial score (nSPS) is 11.2. The molecular weight excluding hydrogens is 281 g/mol.